The second kappa shape index (κ2) is 9.23. The summed E-state index contributed by atoms with van der Waals surface area (Å²) in [5, 5.41) is 2.69. The Bertz CT molecular complexity index is 229. The zero-order valence-corrected chi connectivity index (χ0v) is 10.8. The van der Waals surface area contributed by atoms with E-state index in [0.717, 1.165) is 13.1 Å². The highest BCUT2D eigenvalue weighted by Gasteiger charge is 2.12. The molecule has 3 heteroatoms. The number of rotatable bonds is 8. The van der Waals surface area contributed by atoms with E-state index in [1.54, 1.807) is 0 Å². The van der Waals surface area contributed by atoms with E-state index in [9.17, 15) is 4.79 Å². The zero-order chi connectivity index (χ0) is 12.4. The highest BCUT2D eigenvalue weighted by Crippen LogP contribution is 2.09. The molecule has 0 unspecified atom stereocenters. The molecule has 0 rings (SSSR count). The number of carbonyl (C=O) groups is 1. The monoisotopic (exact) mass is 224 g/mol. The standard InChI is InChI=1S/C13H24N2O/c1-5-9-14-13(16)11-15(8-4)10-12(6-2)7-3/h1,12H,6-11H2,2-4H3,(H,14,16). The van der Waals surface area contributed by atoms with Crippen molar-refractivity contribution < 1.29 is 4.79 Å². The van der Waals surface area contributed by atoms with Crippen LogP contribution in [0.25, 0.3) is 0 Å². The average Bonchev–Trinajstić information content (AvgIpc) is 2.31. The lowest BCUT2D eigenvalue weighted by atomic mass is 10.0. The van der Waals surface area contributed by atoms with Gasteiger partial charge in [0.05, 0.1) is 13.1 Å². The van der Waals surface area contributed by atoms with Crippen molar-refractivity contribution >= 4 is 5.91 Å². The first-order valence-corrected chi connectivity index (χ1v) is 6.10. The van der Waals surface area contributed by atoms with Gasteiger partial charge >= 0.3 is 0 Å². The van der Waals surface area contributed by atoms with E-state index in [2.05, 4.69) is 36.9 Å². The van der Waals surface area contributed by atoms with Gasteiger partial charge in [-0.25, -0.2) is 0 Å². The van der Waals surface area contributed by atoms with E-state index in [1.807, 2.05) is 0 Å². The van der Waals surface area contributed by atoms with Gasteiger partial charge < -0.3 is 5.32 Å². The molecule has 16 heavy (non-hydrogen) atoms. The van der Waals surface area contributed by atoms with Gasteiger partial charge in [0.15, 0.2) is 0 Å². The lowest BCUT2D eigenvalue weighted by molar-refractivity contribution is -0.122. The molecule has 0 heterocycles. The molecule has 1 amide bonds. The van der Waals surface area contributed by atoms with E-state index in [-0.39, 0.29) is 5.91 Å². The zero-order valence-electron chi connectivity index (χ0n) is 10.8. The van der Waals surface area contributed by atoms with Gasteiger partial charge in [-0.2, -0.15) is 0 Å². The van der Waals surface area contributed by atoms with Gasteiger partial charge in [-0.3, -0.25) is 9.69 Å². The minimum absolute atomic E-state index is 0.0192. The molecule has 92 valence electrons. The Morgan fingerprint density at radius 3 is 2.44 bits per heavy atom. The highest BCUT2D eigenvalue weighted by atomic mass is 16.2. The van der Waals surface area contributed by atoms with E-state index < -0.39 is 0 Å². The summed E-state index contributed by atoms with van der Waals surface area (Å²) in [6, 6.07) is 0. The van der Waals surface area contributed by atoms with E-state index >= 15 is 0 Å². The topological polar surface area (TPSA) is 32.3 Å². The predicted octanol–water partition coefficient (Wildman–Crippen LogP) is 1.49. The van der Waals surface area contributed by atoms with Crippen molar-refractivity contribution in [2.75, 3.05) is 26.2 Å². The molecular weight excluding hydrogens is 200 g/mol. The summed E-state index contributed by atoms with van der Waals surface area (Å²) in [4.78, 5) is 13.7. The van der Waals surface area contributed by atoms with Crippen LogP contribution < -0.4 is 5.32 Å². The maximum atomic E-state index is 11.5. The van der Waals surface area contributed by atoms with Crippen LogP contribution in [0.2, 0.25) is 0 Å². The summed E-state index contributed by atoms with van der Waals surface area (Å²) in [5.74, 6) is 3.10. The molecule has 0 radical (unpaired) electrons. The lowest BCUT2D eigenvalue weighted by Crippen LogP contribution is -2.39. The number of nitrogens with zero attached hydrogens (tertiary/aromatic N) is 1. The quantitative estimate of drug-likeness (QED) is 0.634. The first kappa shape index (κ1) is 15.0. The fraction of sp³-hybridized carbons (Fsp3) is 0.769. The first-order valence-electron chi connectivity index (χ1n) is 6.10. The summed E-state index contributed by atoms with van der Waals surface area (Å²) < 4.78 is 0. The van der Waals surface area contributed by atoms with E-state index in [0.29, 0.717) is 19.0 Å². The van der Waals surface area contributed by atoms with Crippen molar-refractivity contribution in [3.63, 3.8) is 0 Å². The molecule has 0 atom stereocenters. The molecule has 0 saturated heterocycles. The Kier molecular flexibility index (Phi) is 8.65. The lowest BCUT2D eigenvalue weighted by Gasteiger charge is -2.24. The maximum Gasteiger partial charge on any atom is 0.234 e. The normalized spacial score (nSPS) is 10.5. The number of amides is 1. The Labute approximate surface area is 99.6 Å². The van der Waals surface area contributed by atoms with Crippen molar-refractivity contribution in [1.82, 2.24) is 10.2 Å². The third-order valence-corrected chi connectivity index (χ3v) is 2.87. The van der Waals surface area contributed by atoms with Crippen LogP contribution in [-0.2, 0) is 4.79 Å². The summed E-state index contributed by atoms with van der Waals surface area (Å²) >= 11 is 0. The molecular formula is C13H24N2O. The van der Waals surface area contributed by atoms with Crippen LogP contribution in [-0.4, -0.2) is 37.0 Å². The van der Waals surface area contributed by atoms with Gasteiger partial charge in [-0.1, -0.05) is 39.5 Å². The molecule has 0 bridgehead atoms. The molecule has 3 nitrogen and oxygen atoms in total. The second-order valence-corrected chi connectivity index (χ2v) is 3.99. The molecule has 0 saturated carbocycles. The minimum atomic E-state index is 0.0192. The van der Waals surface area contributed by atoms with Crippen molar-refractivity contribution in [3.8, 4) is 12.3 Å². The fourth-order valence-corrected chi connectivity index (χ4v) is 1.63. The molecule has 0 spiro atoms. The van der Waals surface area contributed by atoms with Gasteiger partial charge in [0, 0.05) is 6.54 Å². The summed E-state index contributed by atoms with van der Waals surface area (Å²) in [6.45, 7) is 9.14. The van der Waals surface area contributed by atoms with Crippen molar-refractivity contribution in [2.24, 2.45) is 5.92 Å². The average molecular weight is 224 g/mol. The van der Waals surface area contributed by atoms with Crippen molar-refractivity contribution in [3.05, 3.63) is 0 Å². The van der Waals surface area contributed by atoms with Gasteiger partial charge in [0.25, 0.3) is 0 Å². The first-order chi connectivity index (χ1) is 7.67. The largest absolute Gasteiger partial charge is 0.344 e. The summed E-state index contributed by atoms with van der Waals surface area (Å²) in [6.07, 6.45) is 7.42. The molecule has 0 aromatic rings. The van der Waals surface area contributed by atoms with E-state index in [4.69, 9.17) is 6.42 Å². The number of likely N-dealkylation sites (N-methyl/N-ethyl adjacent to an activating group) is 1. The summed E-state index contributed by atoms with van der Waals surface area (Å²) in [7, 11) is 0. The van der Waals surface area contributed by atoms with Gasteiger partial charge in [0.2, 0.25) is 5.91 Å². The van der Waals surface area contributed by atoms with Gasteiger partial charge in [-0.15, -0.1) is 6.42 Å². The smallest absolute Gasteiger partial charge is 0.234 e. The molecule has 0 aromatic heterocycles. The second-order valence-electron chi connectivity index (χ2n) is 3.99. The van der Waals surface area contributed by atoms with Crippen LogP contribution in [0.4, 0.5) is 0 Å². The van der Waals surface area contributed by atoms with Crippen LogP contribution in [0.3, 0.4) is 0 Å². The Morgan fingerprint density at radius 2 is 2.00 bits per heavy atom. The van der Waals surface area contributed by atoms with Crippen molar-refractivity contribution in [1.29, 1.82) is 0 Å². The highest BCUT2D eigenvalue weighted by molar-refractivity contribution is 5.78. The van der Waals surface area contributed by atoms with Crippen LogP contribution in [0.1, 0.15) is 33.6 Å². The van der Waals surface area contributed by atoms with Gasteiger partial charge in [0.1, 0.15) is 0 Å². The van der Waals surface area contributed by atoms with Crippen LogP contribution in [0.5, 0.6) is 0 Å². The minimum Gasteiger partial charge on any atom is -0.344 e. The maximum absolute atomic E-state index is 11.5. The number of nitrogens with one attached hydrogen (secondary N) is 1. The fourth-order valence-electron chi connectivity index (χ4n) is 1.63. The molecule has 1 N–H and O–H groups in total. The predicted molar refractivity (Wildman–Crippen MR) is 68.0 cm³/mol. The number of hydrogen-bond donors (Lipinski definition) is 1. The Morgan fingerprint density at radius 1 is 1.38 bits per heavy atom. The van der Waals surface area contributed by atoms with Crippen LogP contribution >= 0.6 is 0 Å². The van der Waals surface area contributed by atoms with Crippen molar-refractivity contribution in [2.45, 2.75) is 33.6 Å². The third kappa shape index (κ3) is 6.47. The Hall–Kier alpha value is -1.01. The number of hydrogen-bond acceptors (Lipinski definition) is 2. The molecule has 0 aliphatic rings. The molecule has 0 aliphatic carbocycles. The van der Waals surface area contributed by atoms with Gasteiger partial charge in [-0.05, 0) is 12.5 Å². The molecule has 0 aliphatic heterocycles. The number of terminal acetylenes is 1. The van der Waals surface area contributed by atoms with Crippen LogP contribution in [0.15, 0.2) is 0 Å². The van der Waals surface area contributed by atoms with E-state index in [1.165, 1.54) is 12.8 Å². The SMILES string of the molecule is C#CCNC(=O)CN(CC)CC(CC)CC. The van der Waals surface area contributed by atoms with Crippen LogP contribution in [0, 0.1) is 18.3 Å². The third-order valence-electron chi connectivity index (χ3n) is 2.87. The molecule has 0 fully saturated rings. The summed E-state index contributed by atoms with van der Waals surface area (Å²) in [5.41, 5.74) is 0. The Balaban J connectivity index is 3.99. The number of carbonyl (C=O) groups excluding carboxylic acids is 1. The molecule has 0 aromatic carbocycles.